The number of hydrogen-bond donors (Lipinski definition) is 1. The van der Waals surface area contributed by atoms with E-state index < -0.39 is 0 Å². The second-order valence-electron chi connectivity index (χ2n) is 10.7. The minimum absolute atomic E-state index is 0.309. The summed E-state index contributed by atoms with van der Waals surface area (Å²) in [5.41, 5.74) is 12.9. The van der Waals surface area contributed by atoms with Crippen LogP contribution in [0, 0.1) is 24.2 Å². The molecule has 184 valence electrons. The smallest absolute Gasteiger partial charge is 0.0626 e. The molecule has 7 rings (SSSR count). The van der Waals surface area contributed by atoms with Crippen molar-refractivity contribution in [1.82, 2.24) is 0 Å². The molecule has 0 saturated heterocycles. The fraction of sp³-hybridized carbons (Fsp3) is 0.139. The van der Waals surface area contributed by atoms with E-state index in [0.717, 1.165) is 16.7 Å². The molecule has 2 heteroatoms. The molecule has 0 saturated carbocycles. The van der Waals surface area contributed by atoms with Crippen molar-refractivity contribution in [1.29, 1.82) is 5.41 Å². The summed E-state index contributed by atoms with van der Waals surface area (Å²) in [7, 11) is 0. The Labute approximate surface area is 224 Å². The quantitative estimate of drug-likeness (QED) is 0.357. The van der Waals surface area contributed by atoms with Gasteiger partial charge in [-0.15, -0.1) is 0 Å². The van der Waals surface area contributed by atoms with Gasteiger partial charge in [0.2, 0.25) is 0 Å². The first-order chi connectivity index (χ1) is 18.6. The molecule has 0 amide bonds. The van der Waals surface area contributed by atoms with E-state index in [1.165, 1.54) is 33.6 Å². The van der Waals surface area contributed by atoms with E-state index >= 15 is 0 Å². The molecule has 3 aromatic carbocycles. The molecule has 0 spiro atoms. The van der Waals surface area contributed by atoms with Crippen LogP contribution >= 0.6 is 0 Å². The number of aryl methyl sites for hydroxylation is 1. The topological polar surface area (TPSA) is 27.1 Å². The van der Waals surface area contributed by atoms with E-state index in [1.807, 2.05) is 24.3 Å². The van der Waals surface area contributed by atoms with Gasteiger partial charge >= 0.3 is 0 Å². The van der Waals surface area contributed by atoms with Crippen molar-refractivity contribution in [3.05, 3.63) is 155 Å². The van der Waals surface area contributed by atoms with Crippen molar-refractivity contribution < 1.29 is 0 Å². The molecule has 1 aliphatic heterocycles. The van der Waals surface area contributed by atoms with Crippen molar-refractivity contribution >= 4 is 17.0 Å². The molecule has 0 radical (unpaired) electrons. The Hall–Kier alpha value is -4.43. The van der Waals surface area contributed by atoms with Gasteiger partial charge in [-0.25, -0.2) is 0 Å². The maximum atomic E-state index is 8.80. The standard InChI is InChI=1S/C36H30N2/c1-23-18-29(24(2)20-33(37)27-14-12-26(13-15-27)25-8-4-3-5-9-25)21-30(19-23)38-34-11-7-6-10-31(34)36-32-22-28(32)16-17-35(36)38/h3-22,31-32,34,37H,1-2H3/b24-20+,37-33?/t31-,32?,34?/m1/s1. The SMILES string of the molecule is C/C(=C\C(=N)c1ccc(-c2ccccc2)cc1)c1cc(C)cc(N2C3=C(C4C=C4C=C3)[C@@H]3C=CC=CC32)c1. The molecule has 3 aliphatic carbocycles. The summed E-state index contributed by atoms with van der Waals surface area (Å²) >= 11 is 0. The van der Waals surface area contributed by atoms with Crippen LogP contribution in [0.5, 0.6) is 0 Å². The zero-order valence-electron chi connectivity index (χ0n) is 21.7. The Morgan fingerprint density at radius 3 is 2.42 bits per heavy atom. The van der Waals surface area contributed by atoms with Gasteiger partial charge in [-0.3, -0.25) is 0 Å². The van der Waals surface area contributed by atoms with Crippen LogP contribution in [0.3, 0.4) is 0 Å². The fourth-order valence-electron chi connectivity index (χ4n) is 6.19. The van der Waals surface area contributed by atoms with Gasteiger partial charge in [0.05, 0.1) is 11.8 Å². The summed E-state index contributed by atoms with van der Waals surface area (Å²) in [4.78, 5) is 2.52. The minimum Gasteiger partial charge on any atom is -0.334 e. The maximum absolute atomic E-state index is 8.80. The van der Waals surface area contributed by atoms with Gasteiger partial charge in [0, 0.05) is 23.2 Å². The van der Waals surface area contributed by atoms with E-state index in [-0.39, 0.29) is 0 Å². The molecule has 2 unspecified atom stereocenters. The summed E-state index contributed by atoms with van der Waals surface area (Å²) in [6.07, 6.45) is 18.1. The van der Waals surface area contributed by atoms with Crippen LogP contribution in [0.25, 0.3) is 16.7 Å². The summed E-state index contributed by atoms with van der Waals surface area (Å²) in [5.74, 6) is 0.939. The highest BCUT2D eigenvalue weighted by molar-refractivity contribution is 6.10. The Morgan fingerprint density at radius 2 is 1.61 bits per heavy atom. The third-order valence-electron chi connectivity index (χ3n) is 8.16. The Balaban J connectivity index is 1.19. The molecule has 0 bridgehead atoms. The Kier molecular flexibility index (Phi) is 5.30. The van der Waals surface area contributed by atoms with Gasteiger partial charge in [0.1, 0.15) is 0 Å². The summed E-state index contributed by atoms with van der Waals surface area (Å²) in [6, 6.07) is 25.8. The van der Waals surface area contributed by atoms with Crippen LogP contribution in [-0.2, 0) is 0 Å². The third kappa shape index (κ3) is 3.85. The highest BCUT2D eigenvalue weighted by atomic mass is 15.2. The first-order valence-corrected chi connectivity index (χ1v) is 13.4. The third-order valence-corrected chi connectivity index (χ3v) is 8.16. The van der Waals surface area contributed by atoms with Crippen molar-refractivity contribution in [2.45, 2.75) is 19.9 Å². The molecule has 3 atom stereocenters. The molecular formula is C36H30N2. The van der Waals surface area contributed by atoms with Crippen molar-refractivity contribution in [3.63, 3.8) is 0 Å². The average Bonchev–Trinajstić information content (AvgIpc) is 3.66. The molecule has 2 nitrogen and oxygen atoms in total. The largest absolute Gasteiger partial charge is 0.334 e. The van der Waals surface area contributed by atoms with Crippen molar-refractivity contribution in [2.75, 3.05) is 4.90 Å². The normalized spacial score (nSPS) is 22.7. The Morgan fingerprint density at radius 1 is 0.842 bits per heavy atom. The van der Waals surface area contributed by atoms with Crippen LogP contribution in [0.1, 0.15) is 23.6 Å². The number of hydrogen-bond acceptors (Lipinski definition) is 2. The number of benzene rings is 3. The number of nitrogens with one attached hydrogen (secondary N) is 1. The lowest BCUT2D eigenvalue weighted by atomic mass is 9.85. The van der Waals surface area contributed by atoms with E-state index in [4.69, 9.17) is 5.41 Å². The molecule has 4 aliphatic rings. The lowest BCUT2D eigenvalue weighted by molar-refractivity contribution is 0.658. The Bertz CT molecular complexity index is 1640. The second-order valence-corrected chi connectivity index (χ2v) is 10.7. The molecule has 0 aromatic heterocycles. The average molecular weight is 491 g/mol. The second kappa shape index (κ2) is 8.85. The molecule has 38 heavy (non-hydrogen) atoms. The first kappa shape index (κ1) is 22.7. The van der Waals surface area contributed by atoms with Gasteiger partial charge in [-0.2, -0.15) is 0 Å². The summed E-state index contributed by atoms with van der Waals surface area (Å²) in [6.45, 7) is 4.29. The molecule has 0 fully saturated rings. The highest BCUT2D eigenvalue weighted by Crippen LogP contribution is 2.53. The monoisotopic (exact) mass is 490 g/mol. The first-order valence-electron chi connectivity index (χ1n) is 13.4. The molecule has 1 heterocycles. The molecule has 1 N–H and O–H groups in total. The lowest BCUT2D eigenvalue weighted by Crippen LogP contribution is -2.32. The lowest BCUT2D eigenvalue weighted by Gasteiger charge is -2.31. The summed E-state index contributed by atoms with van der Waals surface area (Å²) in [5, 5.41) is 8.80. The van der Waals surface area contributed by atoms with Gasteiger partial charge < -0.3 is 10.3 Å². The highest BCUT2D eigenvalue weighted by Gasteiger charge is 2.46. The van der Waals surface area contributed by atoms with E-state index in [9.17, 15) is 0 Å². The number of fused-ring (bicyclic) bond motifs is 4. The van der Waals surface area contributed by atoms with Crippen LogP contribution in [-0.4, -0.2) is 11.8 Å². The molecule has 3 aromatic rings. The van der Waals surface area contributed by atoms with E-state index in [0.29, 0.717) is 23.6 Å². The number of anilines is 1. The van der Waals surface area contributed by atoms with E-state index in [2.05, 4.69) is 116 Å². The molecular weight excluding hydrogens is 460 g/mol. The van der Waals surface area contributed by atoms with Crippen molar-refractivity contribution in [2.24, 2.45) is 11.8 Å². The van der Waals surface area contributed by atoms with Crippen LogP contribution in [0.15, 0.2) is 138 Å². The number of allylic oxidation sites excluding steroid dienone is 8. The predicted octanol–water partition coefficient (Wildman–Crippen LogP) is 8.44. The number of nitrogens with zero attached hydrogens (tertiary/aromatic N) is 1. The van der Waals surface area contributed by atoms with E-state index in [1.54, 1.807) is 5.57 Å². The predicted molar refractivity (Wildman–Crippen MR) is 159 cm³/mol. The fourth-order valence-corrected chi connectivity index (χ4v) is 6.19. The van der Waals surface area contributed by atoms with Gasteiger partial charge in [0.25, 0.3) is 0 Å². The van der Waals surface area contributed by atoms with Crippen LogP contribution in [0.4, 0.5) is 5.69 Å². The van der Waals surface area contributed by atoms with Crippen LogP contribution in [0.2, 0.25) is 0 Å². The van der Waals surface area contributed by atoms with Crippen LogP contribution < -0.4 is 4.90 Å². The zero-order chi connectivity index (χ0) is 25.8. The summed E-state index contributed by atoms with van der Waals surface area (Å²) < 4.78 is 0. The van der Waals surface area contributed by atoms with Gasteiger partial charge in [-0.05, 0) is 82.7 Å². The zero-order valence-corrected chi connectivity index (χ0v) is 21.7. The van der Waals surface area contributed by atoms with Crippen molar-refractivity contribution in [3.8, 4) is 11.1 Å². The minimum atomic E-state index is 0.309. The maximum Gasteiger partial charge on any atom is 0.0626 e. The number of rotatable bonds is 5. The van der Waals surface area contributed by atoms with Gasteiger partial charge in [0.15, 0.2) is 0 Å². The van der Waals surface area contributed by atoms with Gasteiger partial charge in [-0.1, -0.05) is 97.1 Å².